The van der Waals surface area contributed by atoms with Crippen LogP contribution in [-0.2, 0) is 4.79 Å². The van der Waals surface area contributed by atoms with E-state index in [9.17, 15) is 4.79 Å². The van der Waals surface area contributed by atoms with E-state index in [2.05, 4.69) is 17.6 Å². The predicted octanol–water partition coefficient (Wildman–Crippen LogP) is 2.36. The van der Waals surface area contributed by atoms with Gasteiger partial charge in [-0.05, 0) is 31.5 Å². The van der Waals surface area contributed by atoms with Crippen molar-refractivity contribution in [3.8, 4) is 0 Å². The van der Waals surface area contributed by atoms with Crippen LogP contribution in [0.25, 0.3) is 0 Å². The molecule has 0 unspecified atom stereocenters. The number of rotatable bonds is 4. The zero-order chi connectivity index (χ0) is 11.8. The van der Waals surface area contributed by atoms with Crippen molar-refractivity contribution in [2.24, 2.45) is 5.92 Å². The molecular formula is C12H22N2OS. The van der Waals surface area contributed by atoms with Gasteiger partial charge in [-0.2, -0.15) is 0 Å². The molecule has 1 aliphatic carbocycles. The van der Waals surface area contributed by atoms with E-state index in [1.54, 1.807) is 0 Å². The minimum absolute atomic E-state index is 0.105. The zero-order valence-corrected chi connectivity index (χ0v) is 10.9. The SMILES string of the molecule is CCCCNC(=S)NC(=O)C1CCCCC1. The lowest BCUT2D eigenvalue weighted by molar-refractivity contribution is -0.124. The average Bonchev–Trinajstić information content (AvgIpc) is 2.30. The van der Waals surface area contributed by atoms with Gasteiger partial charge in [0.2, 0.25) is 5.91 Å². The molecule has 16 heavy (non-hydrogen) atoms. The molecular weight excluding hydrogens is 220 g/mol. The number of nitrogens with one attached hydrogen (secondary N) is 2. The molecule has 0 heterocycles. The number of unbranched alkanes of at least 4 members (excludes halogenated alkanes) is 1. The summed E-state index contributed by atoms with van der Waals surface area (Å²) in [5.74, 6) is 0.286. The summed E-state index contributed by atoms with van der Waals surface area (Å²) in [6, 6.07) is 0. The average molecular weight is 242 g/mol. The Morgan fingerprint density at radius 2 is 2.00 bits per heavy atom. The molecule has 0 aromatic carbocycles. The first kappa shape index (κ1) is 13.4. The van der Waals surface area contributed by atoms with Crippen molar-refractivity contribution in [3.05, 3.63) is 0 Å². The molecule has 3 nitrogen and oxygen atoms in total. The van der Waals surface area contributed by atoms with Crippen LogP contribution in [0.2, 0.25) is 0 Å². The van der Waals surface area contributed by atoms with Gasteiger partial charge in [-0.15, -0.1) is 0 Å². The summed E-state index contributed by atoms with van der Waals surface area (Å²) in [6.45, 7) is 2.98. The highest BCUT2D eigenvalue weighted by atomic mass is 32.1. The molecule has 0 radical (unpaired) electrons. The van der Waals surface area contributed by atoms with Crippen LogP contribution < -0.4 is 10.6 Å². The van der Waals surface area contributed by atoms with Crippen molar-refractivity contribution in [2.75, 3.05) is 6.54 Å². The van der Waals surface area contributed by atoms with Gasteiger partial charge in [0.1, 0.15) is 0 Å². The number of carbonyl (C=O) groups excluding carboxylic acids is 1. The van der Waals surface area contributed by atoms with Gasteiger partial charge in [-0.1, -0.05) is 32.6 Å². The first-order chi connectivity index (χ1) is 7.74. The Kier molecular flexibility index (Phi) is 6.38. The van der Waals surface area contributed by atoms with Crippen LogP contribution in [0.5, 0.6) is 0 Å². The fourth-order valence-corrected chi connectivity index (χ4v) is 2.20. The summed E-state index contributed by atoms with van der Waals surface area (Å²) < 4.78 is 0. The molecule has 1 rings (SSSR count). The van der Waals surface area contributed by atoms with Crippen molar-refractivity contribution in [3.63, 3.8) is 0 Å². The van der Waals surface area contributed by atoms with E-state index in [-0.39, 0.29) is 11.8 Å². The lowest BCUT2D eigenvalue weighted by Gasteiger charge is -2.21. The lowest BCUT2D eigenvalue weighted by Crippen LogP contribution is -2.42. The molecule has 0 spiro atoms. The third-order valence-electron chi connectivity index (χ3n) is 3.03. The number of amides is 1. The van der Waals surface area contributed by atoms with E-state index in [1.807, 2.05) is 0 Å². The van der Waals surface area contributed by atoms with Crippen molar-refractivity contribution in [2.45, 2.75) is 51.9 Å². The van der Waals surface area contributed by atoms with Crippen LogP contribution in [0, 0.1) is 5.92 Å². The van der Waals surface area contributed by atoms with Crippen LogP contribution >= 0.6 is 12.2 Å². The van der Waals surface area contributed by atoms with E-state index >= 15 is 0 Å². The van der Waals surface area contributed by atoms with Gasteiger partial charge >= 0.3 is 0 Å². The fourth-order valence-electron chi connectivity index (χ4n) is 2.00. The quantitative estimate of drug-likeness (QED) is 0.587. The Hall–Kier alpha value is -0.640. The number of hydrogen-bond donors (Lipinski definition) is 2. The summed E-state index contributed by atoms with van der Waals surface area (Å²) in [4.78, 5) is 11.8. The summed E-state index contributed by atoms with van der Waals surface area (Å²) in [5, 5.41) is 6.33. The van der Waals surface area contributed by atoms with E-state index in [1.165, 1.54) is 19.3 Å². The standard InChI is InChI=1S/C12H22N2OS/c1-2-3-9-13-12(16)14-11(15)10-7-5-4-6-8-10/h10H,2-9H2,1H3,(H2,13,14,15,16). The third-order valence-corrected chi connectivity index (χ3v) is 3.27. The second-order valence-electron chi connectivity index (χ2n) is 4.43. The Balaban J connectivity index is 2.19. The normalized spacial score (nSPS) is 16.8. The molecule has 4 heteroatoms. The number of thiocarbonyl (C=S) groups is 1. The van der Waals surface area contributed by atoms with Crippen LogP contribution in [0.1, 0.15) is 51.9 Å². The molecule has 1 aliphatic rings. The second kappa shape index (κ2) is 7.60. The maximum atomic E-state index is 11.8. The summed E-state index contributed by atoms with van der Waals surface area (Å²) >= 11 is 5.07. The van der Waals surface area contributed by atoms with E-state index in [0.717, 1.165) is 32.2 Å². The first-order valence-corrected chi connectivity index (χ1v) is 6.73. The molecule has 0 bridgehead atoms. The van der Waals surface area contributed by atoms with E-state index < -0.39 is 0 Å². The topological polar surface area (TPSA) is 41.1 Å². The summed E-state index contributed by atoms with van der Waals surface area (Å²) in [6.07, 6.45) is 7.86. The number of carbonyl (C=O) groups is 1. The van der Waals surface area contributed by atoms with Crippen molar-refractivity contribution < 1.29 is 4.79 Å². The largest absolute Gasteiger partial charge is 0.362 e. The molecule has 0 atom stereocenters. The van der Waals surface area contributed by atoms with Gasteiger partial charge in [0, 0.05) is 12.5 Å². The van der Waals surface area contributed by atoms with Crippen LogP contribution in [-0.4, -0.2) is 17.6 Å². The van der Waals surface area contributed by atoms with Gasteiger partial charge in [0.05, 0.1) is 0 Å². The maximum Gasteiger partial charge on any atom is 0.229 e. The molecule has 1 fully saturated rings. The van der Waals surface area contributed by atoms with Crippen molar-refractivity contribution in [1.82, 2.24) is 10.6 Å². The van der Waals surface area contributed by atoms with Crippen LogP contribution in [0.3, 0.4) is 0 Å². The Bertz CT molecular complexity index is 237. The summed E-state index contributed by atoms with van der Waals surface area (Å²) in [5.41, 5.74) is 0. The fraction of sp³-hybridized carbons (Fsp3) is 0.833. The molecule has 0 saturated heterocycles. The smallest absolute Gasteiger partial charge is 0.229 e. The maximum absolute atomic E-state index is 11.8. The minimum atomic E-state index is 0.105. The van der Waals surface area contributed by atoms with E-state index in [0.29, 0.717) is 5.11 Å². The lowest BCUT2D eigenvalue weighted by atomic mass is 9.89. The van der Waals surface area contributed by atoms with Crippen LogP contribution in [0.4, 0.5) is 0 Å². The van der Waals surface area contributed by atoms with Gasteiger partial charge in [-0.3, -0.25) is 4.79 Å². The molecule has 1 amide bonds. The predicted molar refractivity (Wildman–Crippen MR) is 70.2 cm³/mol. The molecule has 0 aromatic rings. The number of hydrogen-bond acceptors (Lipinski definition) is 2. The van der Waals surface area contributed by atoms with Crippen LogP contribution in [0.15, 0.2) is 0 Å². The van der Waals surface area contributed by atoms with Crippen molar-refractivity contribution >= 4 is 23.2 Å². The highest BCUT2D eigenvalue weighted by Crippen LogP contribution is 2.23. The minimum Gasteiger partial charge on any atom is -0.362 e. The third kappa shape index (κ3) is 4.92. The van der Waals surface area contributed by atoms with Gasteiger partial charge in [0.15, 0.2) is 5.11 Å². The monoisotopic (exact) mass is 242 g/mol. The molecule has 1 saturated carbocycles. The highest BCUT2D eigenvalue weighted by Gasteiger charge is 2.21. The van der Waals surface area contributed by atoms with Gasteiger partial charge in [0.25, 0.3) is 0 Å². The van der Waals surface area contributed by atoms with E-state index in [4.69, 9.17) is 12.2 Å². The Morgan fingerprint density at radius 1 is 1.31 bits per heavy atom. The zero-order valence-electron chi connectivity index (χ0n) is 10.1. The molecule has 0 aromatic heterocycles. The molecule has 0 aliphatic heterocycles. The van der Waals surface area contributed by atoms with Crippen molar-refractivity contribution in [1.29, 1.82) is 0 Å². The Labute approximate surface area is 103 Å². The molecule has 92 valence electrons. The summed E-state index contributed by atoms with van der Waals surface area (Å²) in [7, 11) is 0. The molecule has 2 N–H and O–H groups in total. The van der Waals surface area contributed by atoms with Gasteiger partial charge in [-0.25, -0.2) is 0 Å². The first-order valence-electron chi connectivity index (χ1n) is 6.32. The Morgan fingerprint density at radius 3 is 2.62 bits per heavy atom. The highest BCUT2D eigenvalue weighted by molar-refractivity contribution is 7.80. The second-order valence-corrected chi connectivity index (χ2v) is 4.84. The van der Waals surface area contributed by atoms with Gasteiger partial charge < -0.3 is 10.6 Å².